The fourth-order valence-corrected chi connectivity index (χ4v) is 2.08. The average molecular weight is 301 g/mol. The molecule has 0 saturated carbocycles. The second kappa shape index (κ2) is 6.12. The number of likely N-dealkylation sites (tertiary alicyclic amines) is 1. The lowest BCUT2D eigenvalue weighted by Crippen LogP contribution is -2.34. The summed E-state index contributed by atoms with van der Waals surface area (Å²) in [5.74, 6) is 0.139. The lowest BCUT2D eigenvalue weighted by molar-refractivity contribution is 0.0851. The number of aromatic amines is 1. The summed E-state index contributed by atoms with van der Waals surface area (Å²) in [4.78, 5) is 28.0. The second-order valence-electron chi connectivity index (χ2n) is 4.37. The molecule has 1 aliphatic heterocycles. The van der Waals surface area contributed by atoms with E-state index in [2.05, 4.69) is 16.9 Å². The van der Waals surface area contributed by atoms with Crippen LogP contribution in [0.15, 0.2) is 23.0 Å². The van der Waals surface area contributed by atoms with Crippen LogP contribution >= 0.6 is 17.0 Å². The Labute approximate surface area is 111 Å². The number of carbonyl (C=O) groups is 1. The molecule has 1 aromatic heterocycles. The van der Waals surface area contributed by atoms with Gasteiger partial charge in [-0.2, -0.15) is 0 Å². The van der Waals surface area contributed by atoms with Crippen LogP contribution in [0.1, 0.15) is 23.3 Å². The van der Waals surface area contributed by atoms with Crippen molar-refractivity contribution in [1.29, 1.82) is 0 Å². The zero-order valence-corrected chi connectivity index (χ0v) is 11.5. The van der Waals surface area contributed by atoms with Gasteiger partial charge in [0.25, 0.3) is 0 Å². The van der Waals surface area contributed by atoms with Crippen LogP contribution in [0.2, 0.25) is 0 Å². The van der Waals surface area contributed by atoms with Gasteiger partial charge in [0.2, 0.25) is 5.56 Å². The predicted octanol–water partition coefficient (Wildman–Crippen LogP) is 1.48. The molecule has 0 aliphatic carbocycles. The summed E-state index contributed by atoms with van der Waals surface area (Å²) in [6, 6.07) is 4.73. The topological polar surface area (TPSA) is 53.2 Å². The first-order valence-corrected chi connectivity index (χ1v) is 5.59. The minimum absolute atomic E-state index is 0. The van der Waals surface area contributed by atoms with Crippen molar-refractivity contribution in [2.75, 3.05) is 20.1 Å². The fourth-order valence-electron chi connectivity index (χ4n) is 2.08. The minimum atomic E-state index is -0.209. The van der Waals surface area contributed by atoms with Crippen molar-refractivity contribution in [3.8, 4) is 0 Å². The number of aromatic nitrogens is 1. The number of piperidine rings is 1. The number of rotatable bonds is 2. The Balaban J connectivity index is 0.00000144. The third kappa shape index (κ3) is 3.51. The van der Waals surface area contributed by atoms with Crippen LogP contribution in [0.25, 0.3) is 0 Å². The number of ketones is 1. The van der Waals surface area contributed by atoms with Crippen LogP contribution in [0.5, 0.6) is 0 Å². The smallest absolute Gasteiger partial charge is 0.248 e. The van der Waals surface area contributed by atoms with Crippen molar-refractivity contribution in [1.82, 2.24) is 9.88 Å². The standard InChI is InChI=1S/C12H16N2O2.BrH/c1-14-7-5-9(6-8-14)12(16)10-3-2-4-11(15)13-10;/h2-4,9H,5-8H2,1H3,(H,13,15);1H. The molecule has 17 heavy (non-hydrogen) atoms. The molecule has 0 spiro atoms. The maximum Gasteiger partial charge on any atom is 0.248 e. The number of halogens is 1. The molecule has 1 N–H and O–H groups in total. The number of hydrogen-bond donors (Lipinski definition) is 1. The van der Waals surface area contributed by atoms with Crippen molar-refractivity contribution >= 4 is 22.8 Å². The van der Waals surface area contributed by atoms with Crippen LogP contribution in [-0.2, 0) is 0 Å². The molecule has 0 atom stereocenters. The molecule has 2 heterocycles. The number of pyridine rings is 1. The molecular weight excluding hydrogens is 284 g/mol. The summed E-state index contributed by atoms with van der Waals surface area (Å²) in [7, 11) is 2.06. The average Bonchev–Trinajstić information content (AvgIpc) is 2.29. The van der Waals surface area contributed by atoms with E-state index in [1.807, 2.05) is 0 Å². The van der Waals surface area contributed by atoms with Gasteiger partial charge >= 0.3 is 0 Å². The van der Waals surface area contributed by atoms with Crippen molar-refractivity contribution in [3.63, 3.8) is 0 Å². The second-order valence-corrected chi connectivity index (χ2v) is 4.37. The van der Waals surface area contributed by atoms with Crippen molar-refractivity contribution in [2.24, 2.45) is 5.92 Å². The van der Waals surface area contributed by atoms with Gasteiger partial charge < -0.3 is 9.88 Å². The highest BCUT2D eigenvalue weighted by Crippen LogP contribution is 2.19. The van der Waals surface area contributed by atoms with E-state index in [9.17, 15) is 9.59 Å². The fraction of sp³-hybridized carbons (Fsp3) is 0.500. The van der Waals surface area contributed by atoms with E-state index in [4.69, 9.17) is 0 Å². The van der Waals surface area contributed by atoms with Gasteiger partial charge in [0, 0.05) is 12.0 Å². The van der Waals surface area contributed by atoms with E-state index in [1.165, 1.54) is 6.07 Å². The third-order valence-electron chi connectivity index (χ3n) is 3.12. The van der Waals surface area contributed by atoms with E-state index in [-0.39, 0.29) is 34.2 Å². The largest absolute Gasteiger partial charge is 0.319 e. The van der Waals surface area contributed by atoms with E-state index < -0.39 is 0 Å². The first kappa shape index (κ1) is 14.1. The molecule has 0 radical (unpaired) electrons. The molecule has 1 saturated heterocycles. The van der Waals surface area contributed by atoms with Crippen LogP contribution in [0.3, 0.4) is 0 Å². The highest BCUT2D eigenvalue weighted by atomic mass is 79.9. The molecule has 94 valence electrons. The molecule has 4 nitrogen and oxygen atoms in total. The zero-order valence-electron chi connectivity index (χ0n) is 9.81. The molecule has 2 rings (SSSR count). The van der Waals surface area contributed by atoms with Gasteiger partial charge in [-0.05, 0) is 39.0 Å². The maximum atomic E-state index is 12.1. The normalized spacial score (nSPS) is 17.5. The monoisotopic (exact) mass is 300 g/mol. The van der Waals surface area contributed by atoms with Gasteiger partial charge in [-0.25, -0.2) is 0 Å². The molecule has 1 fully saturated rings. The third-order valence-corrected chi connectivity index (χ3v) is 3.12. The summed E-state index contributed by atoms with van der Waals surface area (Å²) >= 11 is 0. The Morgan fingerprint density at radius 1 is 1.35 bits per heavy atom. The lowest BCUT2D eigenvalue weighted by Gasteiger charge is -2.27. The molecule has 1 aromatic rings. The van der Waals surface area contributed by atoms with E-state index in [0.29, 0.717) is 5.69 Å². The SMILES string of the molecule is Br.CN1CCC(C(=O)c2cccc(=O)[nH]2)CC1. The first-order chi connectivity index (χ1) is 7.66. The number of Topliss-reactive ketones (excluding diaryl/α,β-unsaturated/α-hetero) is 1. The van der Waals surface area contributed by atoms with E-state index in [1.54, 1.807) is 12.1 Å². The van der Waals surface area contributed by atoms with Crippen LogP contribution < -0.4 is 5.56 Å². The Morgan fingerprint density at radius 3 is 2.59 bits per heavy atom. The first-order valence-electron chi connectivity index (χ1n) is 5.59. The highest BCUT2D eigenvalue weighted by Gasteiger charge is 2.24. The van der Waals surface area contributed by atoms with Crippen molar-refractivity contribution < 1.29 is 4.79 Å². The summed E-state index contributed by atoms with van der Waals surface area (Å²) < 4.78 is 0. The molecule has 0 aromatic carbocycles. The van der Waals surface area contributed by atoms with Gasteiger partial charge in [-0.3, -0.25) is 9.59 Å². The molecule has 0 unspecified atom stereocenters. The number of hydrogen-bond acceptors (Lipinski definition) is 3. The number of H-pyrrole nitrogens is 1. The van der Waals surface area contributed by atoms with Gasteiger partial charge in [0.05, 0.1) is 5.69 Å². The molecule has 5 heteroatoms. The zero-order chi connectivity index (χ0) is 11.5. The molecule has 1 aliphatic rings. The van der Waals surface area contributed by atoms with Gasteiger partial charge in [-0.1, -0.05) is 6.07 Å². The molecule has 0 amide bonds. The van der Waals surface area contributed by atoms with Gasteiger partial charge in [0.15, 0.2) is 5.78 Å². The number of carbonyl (C=O) groups excluding carboxylic acids is 1. The van der Waals surface area contributed by atoms with Crippen LogP contribution in [0.4, 0.5) is 0 Å². The number of nitrogens with one attached hydrogen (secondary N) is 1. The van der Waals surface area contributed by atoms with Crippen molar-refractivity contribution in [2.45, 2.75) is 12.8 Å². The Kier molecular flexibility index (Phi) is 5.08. The van der Waals surface area contributed by atoms with Gasteiger partial charge in [0.1, 0.15) is 0 Å². The quantitative estimate of drug-likeness (QED) is 0.842. The summed E-state index contributed by atoms with van der Waals surface area (Å²) in [6.45, 7) is 1.90. The Bertz CT molecular complexity index is 436. The molecular formula is C12H17BrN2O2. The number of nitrogens with zero attached hydrogens (tertiary/aromatic N) is 1. The Hall–Kier alpha value is -0.940. The lowest BCUT2D eigenvalue weighted by atomic mass is 9.91. The summed E-state index contributed by atoms with van der Waals surface area (Å²) in [5, 5.41) is 0. The van der Waals surface area contributed by atoms with Gasteiger partial charge in [-0.15, -0.1) is 17.0 Å². The Morgan fingerprint density at radius 2 is 2.00 bits per heavy atom. The predicted molar refractivity (Wildman–Crippen MR) is 71.9 cm³/mol. The van der Waals surface area contributed by atoms with E-state index in [0.717, 1.165) is 25.9 Å². The van der Waals surface area contributed by atoms with Crippen LogP contribution in [0, 0.1) is 5.92 Å². The van der Waals surface area contributed by atoms with Crippen molar-refractivity contribution in [3.05, 3.63) is 34.2 Å². The maximum absolute atomic E-state index is 12.1. The van der Waals surface area contributed by atoms with Crippen LogP contribution in [-0.4, -0.2) is 35.8 Å². The van der Waals surface area contributed by atoms with E-state index >= 15 is 0 Å². The highest BCUT2D eigenvalue weighted by molar-refractivity contribution is 8.93. The summed E-state index contributed by atoms with van der Waals surface area (Å²) in [6.07, 6.45) is 1.76. The molecule has 0 bridgehead atoms. The summed E-state index contributed by atoms with van der Waals surface area (Å²) in [5.41, 5.74) is 0.237. The minimum Gasteiger partial charge on any atom is -0.319 e.